The van der Waals surface area contributed by atoms with Crippen molar-refractivity contribution >= 4 is 27.1 Å². The summed E-state index contributed by atoms with van der Waals surface area (Å²) in [6, 6.07) is 6.74. The molecule has 2 aliphatic rings. The lowest BCUT2D eigenvalue weighted by molar-refractivity contribution is 0.322. The fraction of sp³-hybridized carbons (Fsp3) is 0.471. The number of hydrogen-bond donors (Lipinski definition) is 0. The van der Waals surface area contributed by atoms with E-state index in [1.165, 1.54) is 16.7 Å². The number of aromatic nitrogens is 1. The molecule has 2 heteroatoms. The van der Waals surface area contributed by atoms with E-state index in [0.717, 1.165) is 23.3 Å². The van der Waals surface area contributed by atoms with Gasteiger partial charge in [-0.05, 0) is 52.9 Å². The molecule has 19 heavy (non-hydrogen) atoms. The molecule has 1 heterocycles. The highest BCUT2D eigenvalue weighted by Crippen LogP contribution is 2.64. The summed E-state index contributed by atoms with van der Waals surface area (Å²) >= 11 is 1.72. The van der Waals surface area contributed by atoms with Crippen LogP contribution in [0, 0.1) is 23.2 Å². The van der Waals surface area contributed by atoms with Crippen LogP contribution in [0.15, 0.2) is 29.8 Å². The molecule has 1 saturated carbocycles. The molecule has 0 bridgehead atoms. The van der Waals surface area contributed by atoms with Crippen LogP contribution in [-0.2, 0) is 0 Å². The minimum absolute atomic E-state index is 0.468. The maximum absolute atomic E-state index is 4.43. The largest absolute Gasteiger partial charge is 0.245 e. The second kappa shape index (κ2) is 3.69. The molecular formula is C17H19NS. The summed E-state index contributed by atoms with van der Waals surface area (Å²) in [6.45, 7) is 7.14. The molecular weight excluding hydrogens is 250 g/mol. The van der Waals surface area contributed by atoms with Crippen molar-refractivity contribution in [3.8, 4) is 0 Å². The van der Waals surface area contributed by atoms with E-state index in [4.69, 9.17) is 0 Å². The average molecular weight is 269 g/mol. The van der Waals surface area contributed by atoms with E-state index in [-0.39, 0.29) is 0 Å². The second-order valence-corrected chi connectivity index (χ2v) is 7.95. The Morgan fingerprint density at radius 1 is 1.26 bits per heavy atom. The Balaban J connectivity index is 1.64. The number of benzene rings is 1. The van der Waals surface area contributed by atoms with E-state index in [2.05, 4.69) is 50.0 Å². The molecule has 0 saturated heterocycles. The smallest absolute Gasteiger partial charge is 0.0818 e. The monoisotopic (exact) mass is 269 g/mol. The van der Waals surface area contributed by atoms with Crippen LogP contribution in [0.5, 0.6) is 0 Å². The predicted molar refractivity (Wildman–Crippen MR) is 82.1 cm³/mol. The summed E-state index contributed by atoms with van der Waals surface area (Å²) in [5.74, 6) is 2.64. The van der Waals surface area contributed by atoms with Gasteiger partial charge in [0, 0.05) is 0 Å². The van der Waals surface area contributed by atoms with E-state index >= 15 is 0 Å². The Kier molecular flexibility index (Phi) is 2.27. The molecule has 0 N–H and O–H groups in total. The van der Waals surface area contributed by atoms with Gasteiger partial charge in [-0.3, -0.25) is 0 Å². The first-order valence-electron chi connectivity index (χ1n) is 7.08. The predicted octanol–water partition coefficient (Wildman–Crippen LogP) is 4.99. The molecule has 3 unspecified atom stereocenters. The number of allylic oxidation sites excluding steroid dienone is 2. The molecule has 3 atom stereocenters. The zero-order chi connectivity index (χ0) is 13.2. The van der Waals surface area contributed by atoms with Crippen molar-refractivity contribution in [3.63, 3.8) is 0 Å². The van der Waals surface area contributed by atoms with Gasteiger partial charge in [0.25, 0.3) is 0 Å². The van der Waals surface area contributed by atoms with Crippen LogP contribution >= 0.6 is 11.3 Å². The van der Waals surface area contributed by atoms with E-state index in [1.807, 2.05) is 5.51 Å². The summed E-state index contributed by atoms with van der Waals surface area (Å²) in [5.41, 5.74) is 6.49. The molecule has 1 aromatic carbocycles. The van der Waals surface area contributed by atoms with Crippen LogP contribution in [0.3, 0.4) is 0 Å². The number of nitrogens with zero attached hydrogens (tertiary/aromatic N) is 1. The molecule has 1 nitrogen and oxygen atoms in total. The quantitative estimate of drug-likeness (QED) is 0.710. The Morgan fingerprint density at radius 3 is 2.79 bits per heavy atom. The lowest BCUT2D eigenvalue weighted by atomic mass is 9.85. The average Bonchev–Trinajstić information content (AvgIpc) is 2.77. The van der Waals surface area contributed by atoms with Gasteiger partial charge in [0.05, 0.1) is 15.7 Å². The van der Waals surface area contributed by atoms with Gasteiger partial charge in [0.2, 0.25) is 0 Å². The minimum Gasteiger partial charge on any atom is -0.245 e. The van der Waals surface area contributed by atoms with Gasteiger partial charge in [-0.2, -0.15) is 0 Å². The number of rotatable bonds is 1. The van der Waals surface area contributed by atoms with E-state index in [0.29, 0.717) is 5.41 Å². The molecule has 0 amide bonds. The number of fused-ring (bicyclic) bond motifs is 2. The summed E-state index contributed by atoms with van der Waals surface area (Å²) in [7, 11) is 0. The molecule has 2 aliphatic carbocycles. The molecule has 0 spiro atoms. The zero-order valence-corrected chi connectivity index (χ0v) is 12.5. The van der Waals surface area contributed by atoms with E-state index in [1.54, 1.807) is 16.9 Å². The highest BCUT2D eigenvalue weighted by Gasteiger charge is 2.56. The highest BCUT2D eigenvalue weighted by molar-refractivity contribution is 7.16. The third-order valence-electron chi connectivity index (χ3n) is 4.78. The van der Waals surface area contributed by atoms with Crippen molar-refractivity contribution in [2.75, 3.05) is 0 Å². The molecule has 2 aromatic rings. The van der Waals surface area contributed by atoms with Crippen LogP contribution in [-0.4, -0.2) is 4.98 Å². The van der Waals surface area contributed by atoms with Gasteiger partial charge in [-0.25, -0.2) is 4.98 Å². The first-order valence-corrected chi connectivity index (χ1v) is 7.96. The highest BCUT2D eigenvalue weighted by atomic mass is 32.1. The first-order chi connectivity index (χ1) is 9.04. The Hall–Kier alpha value is -1.15. The Labute approximate surface area is 118 Å². The SMILES string of the molecule is CC(C)(C)C1C2C=C(c3ccc4scnc4c3)CC21. The maximum atomic E-state index is 4.43. The van der Waals surface area contributed by atoms with Gasteiger partial charge < -0.3 is 0 Å². The normalized spacial score (nSPS) is 29.4. The van der Waals surface area contributed by atoms with Crippen molar-refractivity contribution in [3.05, 3.63) is 35.3 Å². The van der Waals surface area contributed by atoms with Crippen molar-refractivity contribution < 1.29 is 0 Å². The summed E-state index contributed by atoms with van der Waals surface area (Å²) < 4.78 is 1.29. The number of hydrogen-bond acceptors (Lipinski definition) is 2. The second-order valence-electron chi connectivity index (χ2n) is 7.06. The fourth-order valence-corrected chi connectivity index (χ4v) is 4.60. The lowest BCUT2D eigenvalue weighted by Gasteiger charge is -2.20. The molecule has 0 aliphatic heterocycles. The van der Waals surface area contributed by atoms with E-state index < -0.39 is 0 Å². The third-order valence-corrected chi connectivity index (χ3v) is 5.59. The molecule has 98 valence electrons. The van der Waals surface area contributed by atoms with Crippen LogP contribution in [0.25, 0.3) is 15.8 Å². The lowest BCUT2D eigenvalue weighted by Crippen LogP contribution is -2.11. The van der Waals surface area contributed by atoms with Gasteiger partial charge in [-0.1, -0.05) is 32.9 Å². The van der Waals surface area contributed by atoms with Gasteiger partial charge in [0.1, 0.15) is 0 Å². The summed E-state index contributed by atoms with van der Waals surface area (Å²) in [4.78, 5) is 4.43. The standard InChI is InChI=1S/C17H19NS/c1-17(2,3)16-12-6-11(7-13(12)16)10-4-5-15-14(8-10)18-9-19-15/h4-6,8-9,12-13,16H,7H2,1-3H3. The van der Waals surface area contributed by atoms with Crippen molar-refractivity contribution in [2.24, 2.45) is 23.2 Å². The van der Waals surface area contributed by atoms with E-state index in [9.17, 15) is 0 Å². The topological polar surface area (TPSA) is 12.9 Å². The van der Waals surface area contributed by atoms with Gasteiger partial charge in [0.15, 0.2) is 0 Å². The third kappa shape index (κ3) is 1.77. The van der Waals surface area contributed by atoms with Crippen molar-refractivity contribution in [2.45, 2.75) is 27.2 Å². The van der Waals surface area contributed by atoms with Crippen molar-refractivity contribution in [1.29, 1.82) is 0 Å². The first kappa shape index (κ1) is 11.7. The number of thiazole rings is 1. The van der Waals surface area contributed by atoms with Gasteiger partial charge >= 0.3 is 0 Å². The Morgan fingerprint density at radius 2 is 2.11 bits per heavy atom. The Bertz CT molecular complexity index is 674. The van der Waals surface area contributed by atoms with Crippen LogP contribution < -0.4 is 0 Å². The molecule has 1 aromatic heterocycles. The summed E-state index contributed by atoms with van der Waals surface area (Å²) in [6.07, 6.45) is 3.80. The maximum Gasteiger partial charge on any atom is 0.0818 e. The molecule has 4 rings (SSSR count). The minimum atomic E-state index is 0.468. The van der Waals surface area contributed by atoms with Crippen LogP contribution in [0.2, 0.25) is 0 Å². The van der Waals surface area contributed by atoms with Crippen LogP contribution in [0.1, 0.15) is 32.8 Å². The van der Waals surface area contributed by atoms with Crippen molar-refractivity contribution in [1.82, 2.24) is 4.98 Å². The molecule has 0 radical (unpaired) electrons. The fourth-order valence-electron chi connectivity index (χ4n) is 3.94. The summed E-state index contributed by atoms with van der Waals surface area (Å²) in [5, 5.41) is 0. The van der Waals surface area contributed by atoms with Gasteiger partial charge in [-0.15, -0.1) is 11.3 Å². The van der Waals surface area contributed by atoms with Crippen LogP contribution in [0.4, 0.5) is 0 Å². The zero-order valence-electron chi connectivity index (χ0n) is 11.7. The molecule has 1 fully saturated rings.